The molecule has 0 aliphatic carbocycles. The van der Waals surface area contributed by atoms with Gasteiger partial charge in [-0.25, -0.2) is 13.1 Å². The van der Waals surface area contributed by atoms with Gasteiger partial charge in [0.25, 0.3) is 0 Å². The van der Waals surface area contributed by atoms with E-state index in [0.717, 1.165) is 6.42 Å². The predicted molar refractivity (Wildman–Crippen MR) is 74.0 cm³/mol. The van der Waals surface area contributed by atoms with Crippen LogP contribution in [0, 0.1) is 18.3 Å². The van der Waals surface area contributed by atoms with Crippen LogP contribution in [0.5, 0.6) is 0 Å². The van der Waals surface area contributed by atoms with Crippen LogP contribution in [0.3, 0.4) is 0 Å². The van der Waals surface area contributed by atoms with Gasteiger partial charge in [-0.05, 0) is 37.1 Å². The van der Waals surface area contributed by atoms with Gasteiger partial charge in [-0.2, -0.15) is 5.26 Å². The number of hydrogen-bond donors (Lipinski definition) is 2. The van der Waals surface area contributed by atoms with Crippen molar-refractivity contribution in [2.75, 3.05) is 6.54 Å². The molecule has 1 aromatic carbocycles. The molecule has 1 unspecified atom stereocenters. The Balaban J connectivity index is 3.04. The number of nitrogens with one attached hydrogen (secondary N) is 1. The molecule has 0 fully saturated rings. The number of sulfonamides is 1. The number of rotatable bonds is 6. The lowest BCUT2D eigenvalue weighted by molar-refractivity contribution is 0.527. The van der Waals surface area contributed by atoms with Gasteiger partial charge in [0.1, 0.15) is 0 Å². The number of nitriles is 1. The Hall–Kier alpha value is -1.42. The van der Waals surface area contributed by atoms with Crippen molar-refractivity contribution in [2.45, 2.75) is 37.6 Å². The van der Waals surface area contributed by atoms with Crippen molar-refractivity contribution in [1.82, 2.24) is 4.72 Å². The maximum Gasteiger partial charge on any atom is 0.241 e. The lowest BCUT2D eigenvalue weighted by Gasteiger charge is -2.17. The summed E-state index contributed by atoms with van der Waals surface area (Å²) in [7, 11) is -3.59. The molecule has 1 rings (SSSR count). The summed E-state index contributed by atoms with van der Waals surface area (Å²) in [5, 5.41) is 8.78. The third-order valence-corrected chi connectivity index (χ3v) is 4.52. The average Bonchev–Trinajstić information content (AvgIpc) is 2.37. The summed E-state index contributed by atoms with van der Waals surface area (Å²) in [6.07, 6.45) is 1.56. The predicted octanol–water partition coefficient (Wildman–Crippen LogP) is 1.27. The van der Waals surface area contributed by atoms with Crippen LogP contribution in [0.15, 0.2) is 23.1 Å². The zero-order chi connectivity index (χ0) is 14.5. The van der Waals surface area contributed by atoms with Crippen molar-refractivity contribution < 1.29 is 8.42 Å². The smallest absolute Gasteiger partial charge is 0.241 e. The van der Waals surface area contributed by atoms with Crippen molar-refractivity contribution >= 4 is 10.0 Å². The molecule has 0 amide bonds. The van der Waals surface area contributed by atoms with Gasteiger partial charge in [0.15, 0.2) is 0 Å². The molecule has 0 aliphatic heterocycles. The van der Waals surface area contributed by atoms with Gasteiger partial charge in [-0.15, -0.1) is 0 Å². The van der Waals surface area contributed by atoms with E-state index in [1.54, 1.807) is 13.0 Å². The normalized spacial score (nSPS) is 12.9. The van der Waals surface area contributed by atoms with Gasteiger partial charge in [0.05, 0.1) is 16.5 Å². The van der Waals surface area contributed by atoms with Gasteiger partial charge >= 0.3 is 0 Å². The zero-order valence-electron chi connectivity index (χ0n) is 11.2. The Bertz CT molecular complexity index is 576. The highest BCUT2D eigenvalue weighted by Gasteiger charge is 2.20. The van der Waals surface area contributed by atoms with E-state index in [1.807, 2.05) is 13.0 Å². The largest absolute Gasteiger partial charge is 0.329 e. The summed E-state index contributed by atoms with van der Waals surface area (Å²) >= 11 is 0. The molecular formula is C13H19N3O2S. The standard InChI is InChI=1S/C13H19N3O2S/c1-3-4-12(9-15)16-19(17,18)13-6-5-11(8-14)7-10(13)2/h5-7,12,16H,3-4,9,15H2,1-2H3. The number of nitrogens with two attached hydrogens (primary N) is 1. The van der Waals surface area contributed by atoms with Crippen LogP contribution in [0.2, 0.25) is 0 Å². The Morgan fingerprint density at radius 2 is 2.16 bits per heavy atom. The number of hydrogen-bond acceptors (Lipinski definition) is 4. The van der Waals surface area contributed by atoms with E-state index in [9.17, 15) is 8.42 Å². The van der Waals surface area contributed by atoms with Crippen LogP contribution in [-0.4, -0.2) is 21.0 Å². The first kappa shape index (κ1) is 15.6. The summed E-state index contributed by atoms with van der Waals surface area (Å²) in [5.74, 6) is 0. The first-order chi connectivity index (χ1) is 8.94. The molecule has 0 radical (unpaired) electrons. The van der Waals surface area contributed by atoms with E-state index in [0.29, 0.717) is 17.5 Å². The van der Waals surface area contributed by atoms with Crippen LogP contribution >= 0.6 is 0 Å². The van der Waals surface area contributed by atoms with Crippen LogP contribution in [0.1, 0.15) is 30.9 Å². The summed E-state index contributed by atoms with van der Waals surface area (Å²) in [5.41, 5.74) is 6.56. The van der Waals surface area contributed by atoms with E-state index < -0.39 is 10.0 Å². The van der Waals surface area contributed by atoms with Gasteiger partial charge in [-0.3, -0.25) is 0 Å². The first-order valence-electron chi connectivity index (χ1n) is 6.17. The van der Waals surface area contributed by atoms with Crippen molar-refractivity contribution in [2.24, 2.45) is 5.73 Å². The lowest BCUT2D eigenvalue weighted by atomic mass is 10.2. The quantitative estimate of drug-likeness (QED) is 0.820. The third-order valence-electron chi connectivity index (χ3n) is 2.84. The minimum atomic E-state index is -3.59. The molecule has 0 saturated carbocycles. The molecule has 104 valence electrons. The molecule has 0 bridgehead atoms. The Morgan fingerprint density at radius 3 is 2.63 bits per heavy atom. The topological polar surface area (TPSA) is 96.0 Å². The second-order valence-electron chi connectivity index (χ2n) is 4.43. The fourth-order valence-electron chi connectivity index (χ4n) is 1.88. The highest BCUT2D eigenvalue weighted by Crippen LogP contribution is 2.17. The number of nitrogens with zero attached hydrogens (tertiary/aromatic N) is 1. The van der Waals surface area contributed by atoms with E-state index in [2.05, 4.69) is 4.72 Å². The molecule has 0 aromatic heterocycles. The Morgan fingerprint density at radius 1 is 1.47 bits per heavy atom. The molecule has 19 heavy (non-hydrogen) atoms. The molecule has 6 heteroatoms. The van der Waals surface area contributed by atoms with E-state index in [1.165, 1.54) is 12.1 Å². The van der Waals surface area contributed by atoms with Crippen molar-refractivity contribution in [3.63, 3.8) is 0 Å². The Labute approximate surface area is 114 Å². The molecule has 0 saturated heterocycles. The minimum Gasteiger partial charge on any atom is -0.329 e. The molecular weight excluding hydrogens is 262 g/mol. The molecule has 5 nitrogen and oxygen atoms in total. The van der Waals surface area contributed by atoms with Gasteiger partial charge < -0.3 is 5.73 Å². The second kappa shape index (κ2) is 6.66. The highest BCUT2D eigenvalue weighted by atomic mass is 32.2. The van der Waals surface area contributed by atoms with Crippen LogP contribution in [0.4, 0.5) is 0 Å². The number of benzene rings is 1. The summed E-state index contributed by atoms with van der Waals surface area (Å²) in [6.45, 7) is 3.92. The van der Waals surface area contributed by atoms with Crippen LogP contribution in [0.25, 0.3) is 0 Å². The summed E-state index contributed by atoms with van der Waals surface area (Å²) in [4.78, 5) is 0.195. The summed E-state index contributed by atoms with van der Waals surface area (Å²) in [6, 6.07) is 6.24. The average molecular weight is 281 g/mol. The first-order valence-corrected chi connectivity index (χ1v) is 7.66. The van der Waals surface area contributed by atoms with Gasteiger partial charge in [-0.1, -0.05) is 13.3 Å². The highest BCUT2D eigenvalue weighted by molar-refractivity contribution is 7.89. The molecule has 1 atom stereocenters. The molecule has 0 aliphatic rings. The maximum atomic E-state index is 12.2. The fourth-order valence-corrected chi connectivity index (χ4v) is 3.39. The monoisotopic (exact) mass is 281 g/mol. The molecule has 1 aromatic rings. The summed E-state index contributed by atoms with van der Waals surface area (Å²) < 4.78 is 27.1. The van der Waals surface area contributed by atoms with Crippen molar-refractivity contribution in [3.8, 4) is 6.07 Å². The van der Waals surface area contributed by atoms with Gasteiger partial charge in [0, 0.05) is 12.6 Å². The van der Waals surface area contributed by atoms with Crippen LogP contribution in [-0.2, 0) is 10.0 Å². The van der Waals surface area contributed by atoms with Gasteiger partial charge in [0.2, 0.25) is 10.0 Å². The maximum absolute atomic E-state index is 12.2. The third kappa shape index (κ3) is 4.03. The SMILES string of the molecule is CCCC(CN)NS(=O)(=O)c1ccc(C#N)cc1C. The van der Waals surface area contributed by atoms with E-state index in [4.69, 9.17) is 11.0 Å². The second-order valence-corrected chi connectivity index (χ2v) is 6.12. The van der Waals surface area contributed by atoms with Crippen molar-refractivity contribution in [1.29, 1.82) is 5.26 Å². The minimum absolute atomic E-state index is 0.195. The molecule has 0 heterocycles. The number of aryl methyl sites for hydroxylation is 1. The van der Waals surface area contributed by atoms with E-state index >= 15 is 0 Å². The lowest BCUT2D eigenvalue weighted by Crippen LogP contribution is -2.40. The van der Waals surface area contributed by atoms with Crippen LogP contribution < -0.4 is 10.5 Å². The fraction of sp³-hybridized carbons (Fsp3) is 0.462. The molecule has 3 N–H and O–H groups in total. The molecule has 0 spiro atoms. The van der Waals surface area contributed by atoms with E-state index in [-0.39, 0.29) is 17.5 Å². The zero-order valence-corrected chi connectivity index (χ0v) is 12.0. The van der Waals surface area contributed by atoms with Crippen molar-refractivity contribution in [3.05, 3.63) is 29.3 Å². The Kier molecular flexibility index (Phi) is 5.48.